The summed E-state index contributed by atoms with van der Waals surface area (Å²) in [6.07, 6.45) is 0. The maximum atomic E-state index is 12.2. The van der Waals surface area contributed by atoms with E-state index in [9.17, 15) is 13.2 Å². The molecule has 0 saturated heterocycles. The third-order valence-corrected chi connectivity index (χ3v) is 4.17. The number of methoxy groups -OCH3 is 1. The Morgan fingerprint density at radius 1 is 1.38 bits per heavy atom. The van der Waals surface area contributed by atoms with Crippen LogP contribution in [0.15, 0.2) is 17.0 Å². The number of nitrogens with two attached hydrogens (primary N) is 1. The van der Waals surface area contributed by atoms with Crippen molar-refractivity contribution in [2.45, 2.75) is 25.7 Å². The molecule has 3 N–H and O–H groups in total. The van der Waals surface area contributed by atoms with Crippen LogP contribution in [0.4, 0.5) is 0 Å². The number of rotatable bonds is 6. The number of benzene rings is 1. The number of carbonyl (C=O) groups excluding carboxylic acids is 1. The minimum atomic E-state index is -3.84. The summed E-state index contributed by atoms with van der Waals surface area (Å²) in [7, 11) is -2.24. The summed E-state index contributed by atoms with van der Waals surface area (Å²) in [6, 6.07) is 2.78. The maximum Gasteiger partial charge on any atom is 0.251 e. The molecule has 1 atom stereocenters. The van der Waals surface area contributed by atoms with Crippen LogP contribution in [0, 0.1) is 19.8 Å². The smallest absolute Gasteiger partial charge is 0.251 e. The number of sulfonamides is 1. The van der Waals surface area contributed by atoms with Crippen molar-refractivity contribution in [3.8, 4) is 0 Å². The number of nitrogens with one attached hydrogen (secondary N) is 1. The Morgan fingerprint density at radius 2 is 2.00 bits per heavy atom. The molecule has 1 amide bonds. The van der Waals surface area contributed by atoms with Gasteiger partial charge in [-0.3, -0.25) is 4.79 Å². The number of aryl methyl sites for hydroxylation is 1. The van der Waals surface area contributed by atoms with Crippen LogP contribution in [0.5, 0.6) is 0 Å². The molecule has 0 aliphatic heterocycles. The van der Waals surface area contributed by atoms with Gasteiger partial charge in [-0.1, -0.05) is 6.92 Å². The van der Waals surface area contributed by atoms with Crippen molar-refractivity contribution >= 4 is 15.9 Å². The lowest BCUT2D eigenvalue weighted by molar-refractivity contribution is 0.0933. The zero-order valence-corrected chi connectivity index (χ0v) is 13.6. The average Bonchev–Trinajstić information content (AvgIpc) is 2.38. The van der Waals surface area contributed by atoms with Crippen LogP contribution in [0.1, 0.15) is 28.4 Å². The first-order valence-electron chi connectivity index (χ1n) is 6.58. The van der Waals surface area contributed by atoms with Crippen molar-refractivity contribution < 1.29 is 17.9 Å². The third kappa shape index (κ3) is 4.80. The van der Waals surface area contributed by atoms with Gasteiger partial charge in [0, 0.05) is 19.2 Å². The molecule has 1 aromatic carbocycles. The number of hydrogen-bond acceptors (Lipinski definition) is 4. The Bertz CT molecular complexity index is 626. The molecule has 1 unspecified atom stereocenters. The molecule has 0 spiro atoms. The van der Waals surface area contributed by atoms with E-state index in [4.69, 9.17) is 9.88 Å². The molecule has 6 nitrogen and oxygen atoms in total. The molecule has 7 heteroatoms. The molecule has 0 fully saturated rings. The Kier molecular flexibility index (Phi) is 5.88. The van der Waals surface area contributed by atoms with E-state index < -0.39 is 10.0 Å². The number of ether oxygens (including phenoxy) is 1. The Morgan fingerprint density at radius 3 is 2.52 bits per heavy atom. The molecule has 0 heterocycles. The summed E-state index contributed by atoms with van der Waals surface area (Å²) in [5.74, 6) is -0.147. The van der Waals surface area contributed by atoms with E-state index in [1.807, 2.05) is 6.92 Å². The Labute approximate surface area is 125 Å². The number of primary sulfonamides is 1. The Hall–Kier alpha value is -1.44. The van der Waals surface area contributed by atoms with Gasteiger partial charge in [0.2, 0.25) is 10.0 Å². The van der Waals surface area contributed by atoms with Crippen molar-refractivity contribution in [2.75, 3.05) is 20.3 Å². The highest BCUT2D eigenvalue weighted by Crippen LogP contribution is 2.19. The van der Waals surface area contributed by atoms with Crippen LogP contribution >= 0.6 is 0 Å². The fraction of sp³-hybridized carbons (Fsp3) is 0.500. The topological polar surface area (TPSA) is 98.5 Å². The van der Waals surface area contributed by atoms with E-state index in [0.29, 0.717) is 24.3 Å². The zero-order chi connectivity index (χ0) is 16.2. The first-order chi connectivity index (χ1) is 9.66. The van der Waals surface area contributed by atoms with E-state index in [-0.39, 0.29) is 16.7 Å². The monoisotopic (exact) mass is 314 g/mol. The second-order valence-electron chi connectivity index (χ2n) is 5.23. The normalized spacial score (nSPS) is 13.0. The van der Waals surface area contributed by atoms with Gasteiger partial charge in [-0.15, -0.1) is 0 Å². The average molecular weight is 314 g/mol. The molecule has 1 aromatic rings. The molecular formula is C14H22N2O4S. The fourth-order valence-electron chi connectivity index (χ4n) is 1.93. The summed E-state index contributed by atoms with van der Waals surface area (Å²) in [6.45, 7) is 6.45. The number of hydrogen-bond donors (Lipinski definition) is 2. The number of carbonyl (C=O) groups is 1. The highest BCUT2D eigenvalue weighted by Gasteiger charge is 2.17. The van der Waals surface area contributed by atoms with Gasteiger partial charge in [-0.25, -0.2) is 13.6 Å². The molecule has 0 aliphatic rings. The van der Waals surface area contributed by atoms with Crippen molar-refractivity contribution in [1.82, 2.24) is 5.32 Å². The largest absolute Gasteiger partial charge is 0.384 e. The number of amides is 1. The standard InChI is InChI=1S/C14H22N2O4S/c1-9(8-20-4)7-16-14(17)13-6-12(21(15,18)19)5-10(2)11(13)3/h5-6,9H,7-8H2,1-4H3,(H,16,17)(H2,15,18,19). The van der Waals surface area contributed by atoms with Crippen molar-refractivity contribution in [3.05, 3.63) is 28.8 Å². The van der Waals surface area contributed by atoms with Gasteiger partial charge in [0.25, 0.3) is 5.91 Å². The molecule has 118 valence electrons. The van der Waals surface area contributed by atoms with E-state index >= 15 is 0 Å². The summed E-state index contributed by atoms with van der Waals surface area (Å²) in [5, 5.41) is 7.91. The van der Waals surface area contributed by atoms with Crippen LogP contribution in [-0.2, 0) is 14.8 Å². The molecule has 0 bridgehead atoms. The molecule has 0 radical (unpaired) electrons. The van der Waals surface area contributed by atoms with E-state index in [0.717, 1.165) is 5.56 Å². The SMILES string of the molecule is COCC(C)CNC(=O)c1cc(S(N)(=O)=O)cc(C)c1C. The van der Waals surface area contributed by atoms with Gasteiger partial charge in [0.15, 0.2) is 0 Å². The minimum absolute atomic E-state index is 0.0549. The van der Waals surface area contributed by atoms with Gasteiger partial charge in [0.05, 0.1) is 11.5 Å². The zero-order valence-electron chi connectivity index (χ0n) is 12.8. The molecule has 1 rings (SSSR count). The van der Waals surface area contributed by atoms with Crippen molar-refractivity contribution in [2.24, 2.45) is 11.1 Å². The van der Waals surface area contributed by atoms with Gasteiger partial charge in [-0.2, -0.15) is 0 Å². The van der Waals surface area contributed by atoms with E-state index in [1.165, 1.54) is 12.1 Å². The lowest BCUT2D eigenvalue weighted by Gasteiger charge is -2.14. The summed E-state index contributed by atoms with van der Waals surface area (Å²) < 4.78 is 27.9. The lowest BCUT2D eigenvalue weighted by Crippen LogP contribution is -2.30. The quantitative estimate of drug-likeness (QED) is 0.817. The fourth-order valence-corrected chi connectivity index (χ4v) is 2.56. The third-order valence-electron chi connectivity index (χ3n) is 3.28. The minimum Gasteiger partial charge on any atom is -0.384 e. The van der Waals surface area contributed by atoms with Crippen LogP contribution in [0.2, 0.25) is 0 Å². The molecule has 0 aromatic heterocycles. The van der Waals surface area contributed by atoms with Gasteiger partial charge >= 0.3 is 0 Å². The van der Waals surface area contributed by atoms with Crippen LogP contribution in [0.3, 0.4) is 0 Å². The second kappa shape index (κ2) is 7.02. The predicted octanol–water partition coefficient (Wildman–Crippen LogP) is 0.963. The van der Waals surface area contributed by atoms with Crippen molar-refractivity contribution in [3.63, 3.8) is 0 Å². The molecule has 21 heavy (non-hydrogen) atoms. The maximum absolute atomic E-state index is 12.2. The van der Waals surface area contributed by atoms with Gasteiger partial charge in [-0.05, 0) is 43.0 Å². The van der Waals surface area contributed by atoms with Crippen LogP contribution < -0.4 is 10.5 Å². The summed E-state index contributed by atoms with van der Waals surface area (Å²) in [5.41, 5.74) is 1.76. The Balaban J connectivity index is 3.01. The first-order valence-corrected chi connectivity index (χ1v) is 8.12. The van der Waals surface area contributed by atoms with E-state index in [2.05, 4.69) is 5.32 Å². The second-order valence-corrected chi connectivity index (χ2v) is 6.79. The highest BCUT2D eigenvalue weighted by molar-refractivity contribution is 7.89. The molecule has 0 saturated carbocycles. The lowest BCUT2D eigenvalue weighted by atomic mass is 10.0. The summed E-state index contributed by atoms with van der Waals surface area (Å²) >= 11 is 0. The molecular weight excluding hydrogens is 292 g/mol. The first kappa shape index (κ1) is 17.6. The van der Waals surface area contributed by atoms with Crippen molar-refractivity contribution in [1.29, 1.82) is 0 Å². The van der Waals surface area contributed by atoms with Gasteiger partial charge in [0.1, 0.15) is 0 Å². The van der Waals surface area contributed by atoms with Crippen LogP contribution in [0.25, 0.3) is 0 Å². The van der Waals surface area contributed by atoms with E-state index in [1.54, 1.807) is 21.0 Å². The van der Waals surface area contributed by atoms with Crippen LogP contribution in [-0.4, -0.2) is 34.6 Å². The predicted molar refractivity (Wildman–Crippen MR) is 80.7 cm³/mol. The molecule has 0 aliphatic carbocycles. The summed E-state index contributed by atoms with van der Waals surface area (Å²) in [4.78, 5) is 12.2. The highest BCUT2D eigenvalue weighted by atomic mass is 32.2. The van der Waals surface area contributed by atoms with Gasteiger partial charge < -0.3 is 10.1 Å².